The molecular weight excluding hydrogens is 465 g/mol. The van der Waals surface area contributed by atoms with E-state index >= 15 is 0 Å². The van der Waals surface area contributed by atoms with Gasteiger partial charge in [-0.2, -0.15) is 13.2 Å². The number of hydrogen-bond acceptors (Lipinski definition) is 4. The molecule has 2 atom stereocenters. The van der Waals surface area contributed by atoms with Gasteiger partial charge in [0.1, 0.15) is 4.99 Å². The first kappa shape index (κ1) is 25.6. The van der Waals surface area contributed by atoms with Crippen molar-refractivity contribution >= 4 is 29.0 Å². The van der Waals surface area contributed by atoms with E-state index in [-0.39, 0.29) is 24.2 Å². The van der Waals surface area contributed by atoms with Crippen LogP contribution < -0.4 is 21.5 Å². The maximum atomic E-state index is 12.8. The van der Waals surface area contributed by atoms with Crippen molar-refractivity contribution in [1.29, 1.82) is 0 Å². The molecular formula is C24H27F3N4O2S. The number of rotatable bonds is 7. The molecule has 3 rings (SSSR count). The fraction of sp³-hybridized carbons (Fsp3) is 0.375. The van der Waals surface area contributed by atoms with Crippen LogP contribution in [-0.4, -0.2) is 35.4 Å². The predicted octanol–water partition coefficient (Wildman–Crippen LogP) is 3.64. The van der Waals surface area contributed by atoms with Gasteiger partial charge < -0.3 is 10.6 Å². The average molecular weight is 493 g/mol. The highest BCUT2D eigenvalue weighted by Gasteiger charge is 2.31. The van der Waals surface area contributed by atoms with Crippen LogP contribution in [0.5, 0.6) is 0 Å². The van der Waals surface area contributed by atoms with Crippen LogP contribution in [0, 0.1) is 6.92 Å². The molecule has 2 aromatic carbocycles. The largest absolute Gasteiger partial charge is 0.416 e. The maximum absolute atomic E-state index is 12.8. The van der Waals surface area contributed by atoms with Crippen molar-refractivity contribution in [2.75, 3.05) is 6.54 Å². The lowest BCUT2D eigenvalue weighted by Gasteiger charge is -2.33. The second-order valence-corrected chi connectivity index (χ2v) is 8.70. The Hall–Kier alpha value is -2.98. The van der Waals surface area contributed by atoms with Gasteiger partial charge in [-0.3, -0.25) is 15.0 Å². The van der Waals surface area contributed by atoms with Gasteiger partial charge in [-0.05, 0) is 38.0 Å². The molecule has 1 fully saturated rings. The van der Waals surface area contributed by atoms with E-state index in [9.17, 15) is 22.8 Å². The van der Waals surface area contributed by atoms with E-state index in [1.54, 1.807) is 0 Å². The molecule has 34 heavy (non-hydrogen) atoms. The van der Waals surface area contributed by atoms with Crippen LogP contribution in [0.1, 0.15) is 52.7 Å². The van der Waals surface area contributed by atoms with E-state index in [0.717, 1.165) is 55.0 Å². The third kappa shape index (κ3) is 7.26. The minimum Gasteiger partial charge on any atom is -0.371 e. The van der Waals surface area contributed by atoms with Gasteiger partial charge in [-0.15, -0.1) is 0 Å². The molecule has 6 nitrogen and oxygen atoms in total. The molecule has 1 aliphatic carbocycles. The molecule has 1 saturated carbocycles. The number of carbonyl (C=O) groups excluding carboxylic acids is 2. The number of carbonyl (C=O) groups is 2. The summed E-state index contributed by atoms with van der Waals surface area (Å²) >= 11 is 5.54. The fourth-order valence-corrected chi connectivity index (χ4v) is 4.04. The number of hydrogen-bond donors (Lipinski definition) is 4. The summed E-state index contributed by atoms with van der Waals surface area (Å²) < 4.78 is 38.5. The quantitative estimate of drug-likeness (QED) is 0.351. The SMILES string of the molecule is Cc1ccc(C(=S)NC2CCCCC2NNC(=O)CNC(=O)c2cccc(C(F)(F)F)c2)cc1. The van der Waals surface area contributed by atoms with Crippen LogP contribution in [0.25, 0.3) is 0 Å². The second-order valence-electron chi connectivity index (χ2n) is 8.29. The molecule has 2 aromatic rings. The molecule has 0 aromatic heterocycles. The van der Waals surface area contributed by atoms with E-state index in [2.05, 4.69) is 21.5 Å². The number of alkyl halides is 3. The number of thiocarbonyl (C=S) groups is 1. The topological polar surface area (TPSA) is 82.3 Å². The number of aryl methyl sites for hydroxylation is 1. The van der Waals surface area contributed by atoms with Crippen molar-refractivity contribution in [1.82, 2.24) is 21.5 Å². The van der Waals surface area contributed by atoms with Crippen LogP contribution in [0.15, 0.2) is 48.5 Å². The van der Waals surface area contributed by atoms with Crippen molar-refractivity contribution < 1.29 is 22.8 Å². The molecule has 2 amide bonds. The Kier molecular flexibility index (Phi) is 8.62. The van der Waals surface area contributed by atoms with E-state index in [1.807, 2.05) is 31.2 Å². The Labute approximate surface area is 201 Å². The lowest BCUT2D eigenvalue weighted by Crippen LogP contribution is -2.57. The molecule has 0 spiro atoms. The summed E-state index contributed by atoms with van der Waals surface area (Å²) in [5.74, 6) is -1.27. The zero-order valence-electron chi connectivity index (χ0n) is 18.7. The minimum atomic E-state index is -4.55. The minimum absolute atomic E-state index is 0.0163. The lowest BCUT2D eigenvalue weighted by molar-refractivity contribution is -0.137. The summed E-state index contributed by atoms with van der Waals surface area (Å²) in [5.41, 5.74) is 6.56. The number of hydrazine groups is 1. The lowest BCUT2D eigenvalue weighted by atomic mass is 9.90. The smallest absolute Gasteiger partial charge is 0.371 e. The van der Waals surface area contributed by atoms with E-state index in [4.69, 9.17) is 12.2 Å². The van der Waals surface area contributed by atoms with E-state index in [0.29, 0.717) is 4.99 Å². The van der Waals surface area contributed by atoms with E-state index in [1.165, 1.54) is 6.07 Å². The van der Waals surface area contributed by atoms with Gasteiger partial charge in [-0.25, -0.2) is 5.43 Å². The molecule has 4 N–H and O–H groups in total. The van der Waals surface area contributed by atoms with Gasteiger partial charge in [0.15, 0.2) is 0 Å². The molecule has 1 aliphatic rings. The molecule has 182 valence electrons. The standard InChI is InChI=1S/C24H27F3N4O2S/c1-15-9-11-16(12-10-15)23(34)29-19-7-2-3-8-20(19)30-31-21(32)14-28-22(33)17-5-4-6-18(13-17)24(25,26)27/h4-6,9-13,19-20,30H,2-3,7-8,14H2,1H3,(H,28,33)(H,29,34)(H,31,32). The van der Waals surface area contributed by atoms with Crippen molar-refractivity contribution in [3.63, 3.8) is 0 Å². The molecule has 0 aliphatic heterocycles. The summed E-state index contributed by atoms with van der Waals surface area (Å²) in [6.45, 7) is 1.63. The van der Waals surface area contributed by atoms with Crippen molar-refractivity contribution in [3.05, 3.63) is 70.8 Å². The molecule has 10 heteroatoms. The highest BCUT2D eigenvalue weighted by atomic mass is 32.1. The van der Waals surface area contributed by atoms with Gasteiger partial charge in [0.05, 0.1) is 12.1 Å². The van der Waals surface area contributed by atoms with Gasteiger partial charge in [0.2, 0.25) is 0 Å². The summed E-state index contributed by atoms with van der Waals surface area (Å²) in [4.78, 5) is 25.0. The highest BCUT2D eigenvalue weighted by molar-refractivity contribution is 7.80. The van der Waals surface area contributed by atoms with Crippen LogP contribution >= 0.6 is 12.2 Å². The van der Waals surface area contributed by atoms with Gasteiger partial charge in [0.25, 0.3) is 11.8 Å². The third-order valence-electron chi connectivity index (χ3n) is 5.65. The zero-order chi connectivity index (χ0) is 24.7. The van der Waals surface area contributed by atoms with Crippen LogP contribution in [0.2, 0.25) is 0 Å². The first-order valence-corrected chi connectivity index (χ1v) is 11.4. The van der Waals surface area contributed by atoms with Gasteiger partial charge in [-0.1, -0.05) is 61.0 Å². The Morgan fingerprint density at radius 2 is 1.68 bits per heavy atom. The summed E-state index contributed by atoms with van der Waals surface area (Å²) in [6, 6.07) is 11.9. The third-order valence-corrected chi connectivity index (χ3v) is 6.01. The maximum Gasteiger partial charge on any atom is 0.416 e. The summed E-state index contributed by atoms with van der Waals surface area (Å²) in [7, 11) is 0. The molecule has 0 saturated heterocycles. The van der Waals surface area contributed by atoms with Crippen molar-refractivity contribution in [2.45, 2.75) is 50.9 Å². The van der Waals surface area contributed by atoms with Gasteiger partial charge >= 0.3 is 6.18 Å². The Morgan fingerprint density at radius 3 is 2.35 bits per heavy atom. The van der Waals surface area contributed by atoms with Crippen LogP contribution in [0.4, 0.5) is 13.2 Å². The fourth-order valence-electron chi connectivity index (χ4n) is 3.75. The average Bonchev–Trinajstić information content (AvgIpc) is 2.82. The van der Waals surface area contributed by atoms with Crippen LogP contribution in [0.3, 0.4) is 0 Å². The van der Waals surface area contributed by atoms with E-state index < -0.39 is 23.6 Å². The highest BCUT2D eigenvalue weighted by Crippen LogP contribution is 2.29. The molecule has 0 heterocycles. The van der Waals surface area contributed by atoms with Crippen molar-refractivity contribution in [3.8, 4) is 0 Å². The van der Waals surface area contributed by atoms with Crippen LogP contribution in [-0.2, 0) is 11.0 Å². The normalized spacial score (nSPS) is 18.1. The molecule has 0 radical (unpaired) electrons. The first-order valence-electron chi connectivity index (χ1n) is 11.0. The van der Waals surface area contributed by atoms with Crippen molar-refractivity contribution in [2.24, 2.45) is 0 Å². The Bertz CT molecular complexity index is 1030. The Balaban J connectivity index is 1.48. The Morgan fingerprint density at radius 1 is 1.00 bits per heavy atom. The van der Waals surface area contributed by atoms with Gasteiger partial charge in [0, 0.05) is 23.2 Å². The summed E-state index contributed by atoms with van der Waals surface area (Å²) in [5, 5.41) is 5.71. The molecule has 2 unspecified atom stereocenters. The number of halogens is 3. The first-order chi connectivity index (χ1) is 16.1. The monoisotopic (exact) mass is 492 g/mol. The predicted molar refractivity (Wildman–Crippen MR) is 127 cm³/mol. The number of benzene rings is 2. The zero-order valence-corrected chi connectivity index (χ0v) is 19.5. The summed E-state index contributed by atoms with van der Waals surface area (Å²) in [6.07, 6.45) is -0.816. The molecule has 0 bridgehead atoms. The second kappa shape index (κ2) is 11.4. The number of nitrogens with one attached hydrogen (secondary N) is 4. The number of amides is 2.